The lowest BCUT2D eigenvalue weighted by Crippen LogP contribution is -2.24. The zero-order chi connectivity index (χ0) is 16.9. The summed E-state index contributed by atoms with van der Waals surface area (Å²) in [6.45, 7) is 8.64. The highest BCUT2D eigenvalue weighted by atomic mass is 32.1. The van der Waals surface area contributed by atoms with E-state index < -0.39 is 0 Å². The molecule has 23 heavy (non-hydrogen) atoms. The standard InChI is InChI=1S/C19H23N3S/c1-14-7-5-6-8-17(14)21-18(23)22-20-13-15-9-11-16(12-10-15)19(2,3)4/h5-13H,1-4H3,(H2,21,22,23)/b20-13+. The lowest BCUT2D eigenvalue weighted by atomic mass is 9.87. The van der Waals surface area contributed by atoms with E-state index in [-0.39, 0.29) is 5.41 Å². The van der Waals surface area contributed by atoms with Crippen LogP contribution in [-0.2, 0) is 5.41 Å². The van der Waals surface area contributed by atoms with Gasteiger partial charge in [-0.15, -0.1) is 0 Å². The second-order valence-electron chi connectivity index (χ2n) is 6.51. The topological polar surface area (TPSA) is 36.4 Å². The Morgan fingerprint density at radius 3 is 2.30 bits per heavy atom. The molecule has 4 heteroatoms. The molecule has 0 spiro atoms. The molecule has 2 aromatic rings. The van der Waals surface area contributed by atoms with E-state index in [1.807, 2.05) is 31.2 Å². The number of hydrogen-bond acceptors (Lipinski definition) is 2. The van der Waals surface area contributed by atoms with Crippen molar-refractivity contribution in [1.82, 2.24) is 5.43 Å². The maximum absolute atomic E-state index is 5.24. The van der Waals surface area contributed by atoms with Crippen LogP contribution in [0.25, 0.3) is 0 Å². The number of nitrogens with zero attached hydrogens (tertiary/aromatic N) is 1. The summed E-state index contributed by atoms with van der Waals surface area (Å²) in [5, 5.41) is 7.79. The lowest BCUT2D eigenvalue weighted by molar-refractivity contribution is 0.590. The minimum atomic E-state index is 0.160. The largest absolute Gasteiger partial charge is 0.331 e. The zero-order valence-electron chi connectivity index (χ0n) is 14.1. The number of hydrogen-bond donors (Lipinski definition) is 2. The molecule has 0 bridgehead atoms. The third-order valence-corrected chi connectivity index (χ3v) is 3.74. The van der Waals surface area contributed by atoms with E-state index in [0.717, 1.165) is 16.8 Å². The molecule has 0 atom stereocenters. The van der Waals surface area contributed by atoms with Crippen LogP contribution in [0.5, 0.6) is 0 Å². The van der Waals surface area contributed by atoms with E-state index in [1.54, 1.807) is 6.21 Å². The minimum Gasteiger partial charge on any atom is -0.331 e. The van der Waals surface area contributed by atoms with Crippen LogP contribution in [0.4, 0.5) is 5.69 Å². The number of thiocarbonyl (C=S) groups is 1. The maximum atomic E-state index is 5.24. The summed E-state index contributed by atoms with van der Waals surface area (Å²) in [4.78, 5) is 0. The Hall–Kier alpha value is -2.20. The van der Waals surface area contributed by atoms with Crippen molar-refractivity contribution in [3.05, 3.63) is 65.2 Å². The molecule has 2 rings (SSSR count). The van der Waals surface area contributed by atoms with E-state index in [0.29, 0.717) is 5.11 Å². The first-order valence-electron chi connectivity index (χ1n) is 7.62. The molecule has 0 fully saturated rings. The van der Waals surface area contributed by atoms with Crippen molar-refractivity contribution in [3.63, 3.8) is 0 Å². The highest BCUT2D eigenvalue weighted by molar-refractivity contribution is 7.80. The summed E-state index contributed by atoms with van der Waals surface area (Å²) in [7, 11) is 0. The van der Waals surface area contributed by atoms with E-state index in [4.69, 9.17) is 12.2 Å². The number of nitrogens with one attached hydrogen (secondary N) is 2. The van der Waals surface area contributed by atoms with Crippen LogP contribution in [0, 0.1) is 6.92 Å². The van der Waals surface area contributed by atoms with Gasteiger partial charge in [-0.1, -0.05) is 63.2 Å². The van der Waals surface area contributed by atoms with Crippen molar-refractivity contribution < 1.29 is 0 Å². The van der Waals surface area contributed by atoms with Crippen LogP contribution in [0.1, 0.15) is 37.5 Å². The van der Waals surface area contributed by atoms with Crippen molar-refractivity contribution in [2.75, 3.05) is 5.32 Å². The number of anilines is 1. The SMILES string of the molecule is Cc1ccccc1NC(=S)N/N=C/c1ccc(C(C)(C)C)cc1. The van der Waals surface area contributed by atoms with Crippen LogP contribution in [-0.4, -0.2) is 11.3 Å². The fraction of sp³-hybridized carbons (Fsp3) is 0.263. The number of benzene rings is 2. The second-order valence-corrected chi connectivity index (χ2v) is 6.92. The van der Waals surface area contributed by atoms with Crippen molar-refractivity contribution in [1.29, 1.82) is 0 Å². The number of aryl methyl sites for hydroxylation is 1. The van der Waals surface area contributed by atoms with Gasteiger partial charge in [0.15, 0.2) is 5.11 Å². The van der Waals surface area contributed by atoms with Crippen LogP contribution in [0.2, 0.25) is 0 Å². The first kappa shape index (κ1) is 17.2. The summed E-state index contributed by atoms with van der Waals surface area (Å²) in [6, 6.07) is 16.4. The van der Waals surface area contributed by atoms with Gasteiger partial charge < -0.3 is 5.32 Å². The molecule has 0 amide bonds. The zero-order valence-corrected chi connectivity index (χ0v) is 14.9. The molecule has 0 aromatic heterocycles. The predicted octanol–water partition coefficient (Wildman–Crippen LogP) is 4.61. The van der Waals surface area contributed by atoms with Gasteiger partial charge in [0.05, 0.1) is 6.21 Å². The molecule has 120 valence electrons. The van der Waals surface area contributed by atoms with Gasteiger partial charge in [0.25, 0.3) is 0 Å². The van der Waals surface area contributed by atoms with Crippen molar-refractivity contribution in [2.45, 2.75) is 33.1 Å². The Morgan fingerprint density at radius 2 is 1.70 bits per heavy atom. The van der Waals surface area contributed by atoms with Gasteiger partial charge in [-0.2, -0.15) is 5.10 Å². The summed E-state index contributed by atoms with van der Waals surface area (Å²) in [5.41, 5.74) is 7.46. The van der Waals surface area contributed by atoms with Crippen molar-refractivity contribution in [3.8, 4) is 0 Å². The molecule has 0 saturated heterocycles. The van der Waals surface area contributed by atoms with Crippen LogP contribution in [0.3, 0.4) is 0 Å². The van der Waals surface area contributed by atoms with Crippen LogP contribution < -0.4 is 10.7 Å². The van der Waals surface area contributed by atoms with E-state index in [9.17, 15) is 0 Å². The maximum Gasteiger partial charge on any atom is 0.191 e. The second kappa shape index (κ2) is 7.38. The van der Waals surface area contributed by atoms with Crippen molar-refractivity contribution in [2.24, 2.45) is 5.10 Å². The van der Waals surface area contributed by atoms with Gasteiger partial charge in [-0.25, -0.2) is 0 Å². The predicted molar refractivity (Wildman–Crippen MR) is 103 cm³/mol. The van der Waals surface area contributed by atoms with Gasteiger partial charge in [0.2, 0.25) is 0 Å². The Kier molecular flexibility index (Phi) is 5.50. The molecule has 0 aliphatic heterocycles. The average Bonchev–Trinajstić information content (AvgIpc) is 2.49. The van der Waals surface area contributed by atoms with E-state index >= 15 is 0 Å². The monoisotopic (exact) mass is 325 g/mol. The van der Waals surface area contributed by atoms with Crippen LogP contribution in [0.15, 0.2) is 53.6 Å². The molecule has 0 aliphatic rings. The summed E-state index contributed by atoms with van der Waals surface area (Å²) < 4.78 is 0. The molecular formula is C19H23N3S. The molecular weight excluding hydrogens is 302 g/mol. The lowest BCUT2D eigenvalue weighted by Gasteiger charge is -2.18. The molecule has 0 saturated carbocycles. The average molecular weight is 325 g/mol. The van der Waals surface area contributed by atoms with Crippen LogP contribution >= 0.6 is 12.2 Å². The molecule has 2 aromatic carbocycles. The molecule has 0 aliphatic carbocycles. The molecule has 0 unspecified atom stereocenters. The van der Waals surface area contributed by atoms with Crippen molar-refractivity contribution >= 4 is 29.2 Å². The highest BCUT2D eigenvalue weighted by Crippen LogP contribution is 2.21. The van der Waals surface area contributed by atoms with Gasteiger partial charge >= 0.3 is 0 Å². The van der Waals surface area contributed by atoms with E-state index in [1.165, 1.54) is 5.56 Å². The molecule has 0 heterocycles. The Morgan fingerprint density at radius 1 is 1.04 bits per heavy atom. The molecule has 3 nitrogen and oxygen atoms in total. The quantitative estimate of drug-likeness (QED) is 0.491. The summed E-state index contributed by atoms with van der Waals surface area (Å²) in [6.07, 6.45) is 1.76. The van der Waals surface area contributed by atoms with Gasteiger partial charge in [-0.3, -0.25) is 5.43 Å². The van der Waals surface area contributed by atoms with Gasteiger partial charge in [0.1, 0.15) is 0 Å². The summed E-state index contributed by atoms with van der Waals surface area (Å²) in [5.74, 6) is 0. The minimum absolute atomic E-state index is 0.160. The fourth-order valence-corrected chi connectivity index (χ4v) is 2.26. The van der Waals surface area contributed by atoms with Gasteiger partial charge in [-0.05, 0) is 47.3 Å². The third-order valence-electron chi connectivity index (χ3n) is 3.55. The highest BCUT2D eigenvalue weighted by Gasteiger charge is 2.12. The van der Waals surface area contributed by atoms with E-state index in [2.05, 4.69) is 60.9 Å². The Bertz CT molecular complexity index is 697. The normalized spacial score (nSPS) is 11.5. The fourth-order valence-electron chi connectivity index (χ4n) is 2.10. The first-order chi connectivity index (χ1) is 10.9. The first-order valence-corrected chi connectivity index (χ1v) is 8.03. The Labute approximate surface area is 143 Å². The molecule has 2 N–H and O–H groups in total. The number of hydrazone groups is 1. The number of para-hydroxylation sites is 1. The Balaban J connectivity index is 1.91. The smallest absolute Gasteiger partial charge is 0.191 e. The summed E-state index contributed by atoms with van der Waals surface area (Å²) >= 11 is 5.24. The molecule has 0 radical (unpaired) electrons. The number of rotatable bonds is 3. The third kappa shape index (κ3) is 5.18. The van der Waals surface area contributed by atoms with Gasteiger partial charge in [0, 0.05) is 5.69 Å².